The molecule has 21 heavy (non-hydrogen) atoms. The van der Waals surface area contributed by atoms with Crippen LogP contribution in [-0.4, -0.2) is 50.6 Å². The highest BCUT2D eigenvalue weighted by atomic mass is 32.2. The van der Waals surface area contributed by atoms with Gasteiger partial charge in [0, 0.05) is 26.7 Å². The summed E-state index contributed by atoms with van der Waals surface area (Å²) < 4.78 is 32.8. The summed E-state index contributed by atoms with van der Waals surface area (Å²) in [5, 5.41) is 9.15. The van der Waals surface area contributed by atoms with Crippen LogP contribution in [0.4, 0.5) is 0 Å². The van der Waals surface area contributed by atoms with E-state index in [4.69, 9.17) is 9.84 Å². The summed E-state index contributed by atoms with van der Waals surface area (Å²) in [6, 6.07) is 4.94. The van der Waals surface area contributed by atoms with Gasteiger partial charge in [0.15, 0.2) is 0 Å². The van der Waals surface area contributed by atoms with Crippen LogP contribution in [-0.2, 0) is 27.9 Å². The molecular formula is C13H18N2O5S. The van der Waals surface area contributed by atoms with Crippen molar-refractivity contribution in [3.63, 3.8) is 0 Å². The van der Waals surface area contributed by atoms with Crippen molar-refractivity contribution in [1.29, 1.82) is 0 Å². The van der Waals surface area contributed by atoms with Gasteiger partial charge < -0.3 is 9.84 Å². The number of nitrogens with zero attached hydrogens (tertiary/aromatic N) is 1. The van der Waals surface area contributed by atoms with Gasteiger partial charge in [-0.2, -0.15) is 17.4 Å². The highest BCUT2D eigenvalue weighted by Gasteiger charge is 2.28. The van der Waals surface area contributed by atoms with Crippen molar-refractivity contribution in [3.8, 4) is 0 Å². The molecule has 2 rings (SSSR count). The minimum Gasteiger partial charge on any atom is -0.478 e. The van der Waals surface area contributed by atoms with Gasteiger partial charge in [0.25, 0.3) is 10.2 Å². The molecule has 7 nitrogen and oxygen atoms in total. The van der Waals surface area contributed by atoms with E-state index in [0.29, 0.717) is 18.6 Å². The molecule has 0 fully saturated rings. The molecule has 0 aromatic heterocycles. The van der Waals surface area contributed by atoms with E-state index in [0.717, 1.165) is 5.56 Å². The number of nitrogens with one attached hydrogen (secondary N) is 1. The number of carbonyl (C=O) groups is 1. The third-order valence-electron chi connectivity index (χ3n) is 3.39. The van der Waals surface area contributed by atoms with Crippen molar-refractivity contribution in [1.82, 2.24) is 9.03 Å². The smallest absolute Gasteiger partial charge is 0.335 e. The molecule has 2 N–H and O–H groups in total. The fourth-order valence-electron chi connectivity index (χ4n) is 2.35. The standard InChI is InChI=1S/C13H18N2O5S/c1-20-8-6-14-21(18,19)15-7-5-11-10(9-15)3-2-4-12(11)13(16)17/h2-4,14H,5-9H2,1H3,(H,16,17). The number of carboxylic acids is 1. The quantitative estimate of drug-likeness (QED) is 0.733. The van der Waals surface area contributed by atoms with Crippen LogP contribution in [0.3, 0.4) is 0 Å². The lowest BCUT2D eigenvalue weighted by Gasteiger charge is -2.28. The Balaban J connectivity index is 2.16. The van der Waals surface area contributed by atoms with Crippen LogP contribution in [0, 0.1) is 0 Å². The normalized spacial score (nSPS) is 15.7. The molecule has 8 heteroatoms. The number of aromatic carboxylic acids is 1. The number of methoxy groups -OCH3 is 1. The molecule has 1 aliphatic rings. The third kappa shape index (κ3) is 3.59. The zero-order chi connectivity index (χ0) is 15.5. The minimum atomic E-state index is -3.58. The second-order valence-electron chi connectivity index (χ2n) is 4.72. The fourth-order valence-corrected chi connectivity index (χ4v) is 3.52. The molecule has 0 spiro atoms. The molecule has 0 saturated carbocycles. The van der Waals surface area contributed by atoms with Crippen LogP contribution in [0.15, 0.2) is 18.2 Å². The van der Waals surface area contributed by atoms with Gasteiger partial charge in [-0.25, -0.2) is 4.79 Å². The van der Waals surface area contributed by atoms with Gasteiger partial charge in [-0.1, -0.05) is 12.1 Å². The predicted molar refractivity (Wildman–Crippen MR) is 76.3 cm³/mol. The average molecular weight is 314 g/mol. The summed E-state index contributed by atoms with van der Waals surface area (Å²) in [7, 11) is -2.08. The number of fused-ring (bicyclic) bond motifs is 1. The molecule has 0 radical (unpaired) electrons. The molecule has 0 amide bonds. The van der Waals surface area contributed by atoms with Crippen LogP contribution in [0.1, 0.15) is 21.5 Å². The van der Waals surface area contributed by atoms with Crippen molar-refractivity contribution in [2.45, 2.75) is 13.0 Å². The zero-order valence-corrected chi connectivity index (χ0v) is 12.5. The van der Waals surface area contributed by atoms with Gasteiger partial charge in [0.1, 0.15) is 0 Å². The number of ether oxygens (including phenoxy) is 1. The SMILES string of the molecule is COCCNS(=O)(=O)N1CCc2c(cccc2C(=O)O)C1. The Hall–Kier alpha value is -1.48. The number of benzene rings is 1. The van der Waals surface area contributed by atoms with Crippen molar-refractivity contribution in [3.05, 3.63) is 34.9 Å². The van der Waals surface area contributed by atoms with E-state index in [-0.39, 0.29) is 25.2 Å². The van der Waals surface area contributed by atoms with Crippen LogP contribution in [0.25, 0.3) is 0 Å². The molecule has 1 aromatic rings. The first-order chi connectivity index (χ1) is 9.95. The van der Waals surface area contributed by atoms with E-state index >= 15 is 0 Å². The molecule has 1 heterocycles. The van der Waals surface area contributed by atoms with E-state index in [9.17, 15) is 13.2 Å². The zero-order valence-electron chi connectivity index (χ0n) is 11.7. The van der Waals surface area contributed by atoms with Gasteiger partial charge in [-0.15, -0.1) is 0 Å². The molecule has 0 unspecified atom stereocenters. The Morgan fingerprint density at radius 1 is 1.48 bits per heavy atom. The van der Waals surface area contributed by atoms with Crippen LogP contribution in [0.5, 0.6) is 0 Å². The Bertz CT molecular complexity index is 629. The Labute approximate surface area is 123 Å². The Kier molecular flexibility index (Phi) is 4.94. The first kappa shape index (κ1) is 15.9. The number of hydrogen-bond donors (Lipinski definition) is 2. The molecule has 1 aliphatic heterocycles. The Morgan fingerprint density at radius 2 is 2.24 bits per heavy atom. The van der Waals surface area contributed by atoms with Crippen LogP contribution in [0.2, 0.25) is 0 Å². The summed E-state index contributed by atoms with van der Waals surface area (Å²) in [5.41, 5.74) is 1.70. The maximum absolute atomic E-state index is 12.1. The topological polar surface area (TPSA) is 95.9 Å². The monoisotopic (exact) mass is 314 g/mol. The van der Waals surface area contributed by atoms with Gasteiger partial charge in [0.05, 0.1) is 12.2 Å². The van der Waals surface area contributed by atoms with E-state index in [1.54, 1.807) is 18.2 Å². The van der Waals surface area contributed by atoms with E-state index in [2.05, 4.69) is 4.72 Å². The molecular weight excluding hydrogens is 296 g/mol. The van der Waals surface area contributed by atoms with Gasteiger partial charge in [0.2, 0.25) is 0 Å². The van der Waals surface area contributed by atoms with Crippen molar-refractivity contribution < 1.29 is 23.1 Å². The fraction of sp³-hybridized carbons (Fsp3) is 0.462. The lowest BCUT2D eigenvalue weighted by atomic mass is 9.95. The number of carboxylic acid groups (broad SMARTS) is 1. The summed E-state index contributed by atoms with van der Waals surface area (Å²) in [5.74, 6) is -0.985. The largest absolute Gasteiger partial charge is 0.478 e. The second-order valence-corrected chi connectivity index (χ2v) is 6.48. The first-order valence-electron chi connectivity index (χ1n) is 6.53. The summed E-state index contributed by atoms with van der Waals surface area (Å²) in [6.45, 7) is 0.947. The molecule has 0 saturated heterocycles. The molecule has 0 atom stereocenters. The van der Waals surface area contributed by atoms with E-state index < -0.39 is 16.2 Å². The molecule has 0 aliphatic carbocycles. The average Bonchev–Trinajstić information content (AvgIpc) is 2.46. The third-order valence-corrected chi connectivity index (χ3v) is 4.95. The van der Waals surface area contributed by atoms with E-state index in [1.165, 1.54) is 11.4 Å². The highest BCUT2D eigenvalue weighted by Crippen LogP contribution is 2.23. The molecule has 116 valence electrons. The summed E-state index contributed by atoms with van der Waals surface area (Å²) in [4.78, 5) is 11.2. The predicted octanol–water partition coefficient (Wildman–Crippen LogP) is 0.224. The van der Waals surface area contributed by atoms with Crippen molar-refractivity contribution >= 4 is 16.2 Å². The van der Waals surface area contributed by atoms with Crippen LogP contribution >= 0.6 is 0 Å². The second kappa shape index (κ2) is 6.52. The summed E-state index contributed by atoms with van der Waals surface area (Å²) >= 11 is 0. The van der Waals surface area contributed by atoms with E-state index in [1.807, 2.05) is 0 Å². The number of hydrogen-bond acceptors (Lipinski definition) is 4. The van der Waals surface area contributed by atoms with Crippen LogP contribution < -0.4 is 4.72 Å². The first-order valence-corrected chi connectivity index (χ1v) is 7.97. The van der Waals surface area contributed by atoms with Crippen molar-refractivity contribution in [2.24, 2.45) is 0 Å². The van der Waals surface area contributed by atoms with Crippen molar-refractivity contribution in [2.75, 3.05) is 26.8 Å². The highest BCUT2D eigenvalue weighted by molar-refractivity contribution is 7.87. The minimum absolute atomic E-state index is 0.179. The molecule has 0 bridgehead atoms. The molecule has 1 aromatic carbocycles. The summed E-state index contributed by atoms with van der Waals surface area (Å²) in [6.07, 6.45) is 0.392. The van der Waals surface area contributed by atoms with Gasteiger partial charge in [-0.3, -0.25) is 0 Å². The maximum Gasteiger partial charge on any atom is 0.335 e. The van der Waals surface area contributed by atoms with Gasteiger partial charge in [-0.05, 0) is 23.6 Å². The lowest BCUT2D eigenvalue weighted by Crippen LogP contribution is -2.44. The van der Waals surface area contributed by atoms with Gasteiger partial charge >= 0.3 is 5.97 Å². The lowest BCUT2D eigenvalue weighted by molar-refractivity contribution is 0.0695. The number of rotatable bonds is 6. The maximum atomic E-state index is 12.1. The Morgan fingerprint density at radius 3 is 2.90 bits per heavy atom.